The summed E-state index contributed by atoms with van der Waals surface area (Å²) in [6.45, 7) is 0.874. The van der Waals surface area contributed by atoms with Gasteiger partial charge < -0.3 is 14.8 Å². The molecule has 1 aromatic carbocycles. The van der Waals surface area contributed by atoms with Crippen molar-refractivity contribution in [2.75, 3.05) is 25.6 Å². The molecule has 21 heavy (non-hydrogen) atoms. The third-order valence-corrected chi connectivity index (χ3v) is 3.19. The van der Waals surface area contributed by atoms with Gasteiger partial charge in [0.05, 0.1) is 19.0 Å². The van der Waals surface area contributed by atoms with Crippen LogP contribution in [-0.2, 0) is 7.05 Å². The van der Waals surface area contributed by atoms with Crippen LogP contribution >= 0.6 is 11.6 Å². The predicted octanol–water partition coefficient (Wildman–Crippen LogP) is 1.93. The van der Waals surface area contributed by atoms with Crippen molar-refractivity contribution in [2.24, 2.45) is 7.05 Å². The molecule has 0 amide bonds. The van der Waals surface area contributed by atoms with Gasteiger partial charge in [-0.25, -0.2) is 4.68 Å². The third-order valence-electron chi connectivity index (χ3n) is 2.82. The number of anilines is 1. The number of benzene rings is 1. The molecule has 1 heterocycles. The van der Waals surface area contributed by atoms with E-state index in [4.69, 9.17) is 21.1 Å². The lowest BCUT2D eigenvalue weighted by Crippen LogP contribution is -2.22. The molecule has 2 aromatic rings. The summed E-state index contributed by atoms with van der Waals surface area (Å²) in [6, 6.07) is 7.39. The standard InChI is InChI=1S/C14H16ClN3O3/c1-18-14(19)13(15)10(9-17-18)16-7-8-21-12-6-4-3-5-11(12)20-2/h3-6,9,16H,7-8H2,1-2H3. The Kier molecular flexibility index (Phi) is 5.05. The average molecular weight is 310 g/mol. The first-order valence-electron chi connectivity index (χ1n) is 6.35. The van der Waals surface area contributed by atoms with Gasteiger partial charge in [0.15, 0.2) is 11.5 Å². The van der Waals surface area contributed by atoms with Gasteiger partial charge in [-0.3, -0.25) is 4.79 Å². The highest BCUT2D eigenvalue weighted by molar-refractivity contribution is 6.32. The minimum Gasteiger partial charge on any atom is -0.493 e. The zero-order valence-corrected chi connectivity index (χ0v) is 12.6. The number of nitrogens with zero attached hydrogens (tertiary/aromatic N) is 2. The Morgan fingerprint density at radius 2 is 2.05 bits per heavy atom. The molecular formula is C14H16ClN3O3. The molecule has 0 fully saturated rings. The zero-order valence-electron chi connectivity index (χ0n) is 11.8. The Morgan fingerprint density at radius 1 is 1.33 bits per heavy atom. The maximum absolute atomic E-state index is 11.6. The van der Waals surface area contributed by atoms with E-state index in [1.165, 1.54) is 10.9 Å². The highest BCUT2D eigenvalue weighted by Crippen LogP contribution is 2.25. The molecule has 0 unspecified atom stereocenters. The van der Waals surface area contributed by atoms with Crippen LogP contribution in [0.15, 0.2) is 35.3 Å². The largest absolute Gasteiger partial charge is 0.493 e. The van der Waals surface area contributed by atoms with Crippen LogP contribution in [-0.4, -0.2) is 30.0 Å². The fraction of sp³-hybridized carbons (Fsp3) is 0.286. The van der Waals surface area contributed by atoms with E-state index in [1.54, 1.807) is 14.2 Å². The summed E-state index contributed by atoms with van der Waals surface area (Å²) in [5.41, 5.74) is 0.149. The minimum absolute atomic E-state index is 0.116. The summed E-state index contributed by atoms with van der Waals surface area (Å²) >= 11 is 5.95. The second-order valence-corrected chi connectivity index (χ2v) is 4.61. The van der Waals surface area contributed by atoms with Crippen molar-refractivity contribution in [3.8, 4) is 11.5 Å². The number of aromatic nitrogens is 2. The number of nitrogens with one attached hydrogen (secondary N) is 1. The molecule has 0 aliphatic heterocycles. The van der Waals surface area contributed by atoms with E-state index >= 15 is 0 Å². The lowest BCUT2D eigenvalue weighted by atomic mass is 10.3. The molecule has 0 bridgehead atoms. The normalized spacial score (nSPS) is 10.2. The van der Waals surface area contributed by atoms with Crippen LogP contribution in [0.5, 0.6) is 11.5 Å². The molecule has 0 spiro atoms. The molecule has 0 saturated carbocycles. The zero-order chi connectivity index (χ0) is 15.2. The Labute approximate surface area is 127 Å². The topological polar surface area (TPSA) is 65.4 Å². The smallest absolute Gasteiger partial charge is 0.287 e. The molecule has 0 aliphatic rings. The molecule has 0 atom stereocenters. The number of methoxy groups -OCH3 is 1. The fourth-order valence-corrected chi connectivity index (χ4v) is 1.96. The number of para-hydroxylation sites is 2. The highest BCUT2D eigenvalue weighted by Gasteiger charge is 2.07. The van der Waals surface area contributed by atoms with Crippen LogP contribution in [0.3, 0.4) is 0 Å². The summed E-state index contributed by atoms with van der Waals surface area (Å²) in [4.78, 5) is 11.6. The Balaban J connectivity index is 1.91. The first kappa shape index (κ1) is 15.2. The maximum atomic E-state index is 11.6. The molecule has 7 heteroatoms. The average Bonchev–Trinajstić information content (AvgIpc) is 2.51. The molecular weight excluding hydrogens is 294 g/mol. The van der Waals surface area contributed by atoms with Crippen LogP contribution in [0.4, 0.5) is 5.69 Å². The van der Waals surface area contributed by atoms with E-state index in [-0.39, 0.29) is 10.6 Å². The maximum Gasteiger partial charge on any atom is 0.287 e. The molecule has 0 radical (unpaired) electrons. The lowest BCUT2D eigenvalue weighted by molar-refractivity contribution is 0.306. The lowest BCUT2D eigenvalue weighted by Gasteiger charge is -2.12. The minimum atomic E-state index is -0.340. The molecule has 1 N–H and O–H groups in total. The summed E-state index contributed by atoms with van der Waals surface area (Å²) in [6.07, 6.45) is 1.51. The fourth-order valence-electron chi connectivity index (χ4n) is 1.72. The first-order chi connectivity index (χ1) is 10.1. The molecule has 0 saturated heterocycles. The second-order valence-electron chi connectivity index (χ2n) is 4.23. The van der Waals surface area contributed by atoms with Crippen molar-refractivity contribution in [3.63, 3.8) is 0 Å². The summed E-state index contributed by atoms with van der Waals surface area (Å²) < 4.78 is 12.0. The van der Waals surface area contributed by atoms with E-state index in [1.807, 2.05) is 24.3 Å². The third kappa shape index (κ3) is 3.66. The molecule has 1 aromatic heterocycles. The summed E-state index contributed by atoms with van der Waals surface area (Å²) in [5, 5.41) is 7.03. The van der Waals surface area contributed by atoms with Crippen LogP contribution in [0.2, 0.25) is 5.02 Å². The number of aryl methyl sites for hydroxylation is 1. The van der Waals surface area contributed by atoms with Gasteiger partial charge in [-0.2, -0.15) is 5.10 Å². The number of ether oxygens (including phenoxy) is 2. The molecule has 2 rings (SSSR count). The van der Waals surface area contributed by atoms with Crippen LogP contribution in [0, 0.1) is 0 Å². The quantitative estimate of drug-likeness (QED) is 0.826. The molecule has 112 valence electrons. The van der Waals surface area contributed by atoms with Gasteiger partial charge in [0.2, 0.25) is 0 Å². The van der Waals surface area contributed by atoms with Gasteiger partial charge in [-0.15, -0.1) is 0 Å². The number of hydrogen-bond acceptors (Lipinski definition) is 5. The summed E-state index contributed by atoms with van der Waals surface area (Å²) in [5.74, 6) is 1.33. The highest BCUT2D eigenvalue weighted by atomic mass is 35.5. The Morgan fingerprint density at radius 3 is 2.76 bits per heavy atom. The van der Waals surface area contributed by atoms with Gasteiger partial charge in [-0.05, 0) is 12.1 Å². The van der Waals surface area contributed by atoms with Crippen LogP contribution in [0.25, 0.3) is 0 Å². The number of rotatable bonds is 6. The van der Waals surface area contributed by atoms with Gasteiger partial charge in [0, 0.05) is 13.6 Å². The first-order valence-corrected chi connectivity index (χ1v) is 6.72. The van der Waals surface area contributed by atoms with E-state index in [0.29, 0.717) is 30.3 Å². The van der Waals surface area contributed by atoms with Gasteiger partial charge in [-0.1, -0.05) is 23.7 Å². The van der Waals surface area contributed by atoms with Gasteiger partial charge in [0.1, 0.15) is 11.6 Å². The molecule has 6 nitrogen and oxygen atoms in total. The van der Waals surface area contributed by atoms with Crippen molar-refractivity contribution < 1.29 is 9.47 Å². The van der Waals surface area contributed by atoms with E-state index in [2.05, 4.69) is 10.4 Å². The van der Waals surface area contributed by atoms with Crippen molar-refractivity contribution in [3.05, 3.63) is 45.8 Å². The Hall–Kier alpha value is -2.21. The van der Waals surface area contributed by atoms with Gasteiger partial charge in [0.25, 0.3) is 5.56 Å². The monoisotopic (exact) mass is 309 g/mol. The number of halogens is 1. The van der Waals surface area contributed by atoms with Crippen molar-refractivity contribution >= 4 is 17.3 Å². The van der Waals surface area contributed by atoms with E-state index in [9.17, 15) is 4.79 Å². The van der Waals surface area contributed by atoms with Crippen molar-refractivity contribution in [1.82, 2.24) is 9.78 Å². The number of hydrogen-bond donors (Lipinski definition) is 1. The van der Waals surface area contributed by atoms with E-state index in [0.717, 1.165) is 0 Å². The van der Waals surface area contributed by atoms with Crippen molar-refractivity contribution in [2.45, 2.75) is 0 Å². The molecule has 0 aliphatic carbocycles. The van der Waals surface area contributed by atoms with E-state index < -0.39 is 0 Å². The predicted molar refractivity (Wildman–Crippen MR) is 81.5 cm³/mol. The van der Waals surface area contributed by atoms with Gasteiger partial charge >= 0.3 is 0 Å². The second kappa shape index (κ2) is 6.99. The Bertz CT molecular complexity index is 673. The summed E-state index contributed by atoms with van der Waals surface area (Å²) in [7, 11) is 3.13. The van der Waals surface area contributed by atoms with Crippen LogP contribution < -0.4 is 20.3 Å². The van der Waals surface area contributed by atoms with Crippen LogP contribution in [0.1, 0.15) is 0 Å². The SMILES string of the molecule is COc1ccccc1OCCNc1cnn(C)c(=O)c1Cl. The van der Waals surface area contributed by atoms with Crippen molar-refractivity contribution in [1.29, 1.82) is 0 Å².